The van der Waals surface area contributed by atoms with E-state index in [9.17, 15) is 0 Å². The molecule has 8 aromatic carbocycles. The summed E-state index contributed by atoms with van der Waals surface area (Å²) < 4.78 is 10.8. The van der Waals surface area contributed by atoms with E-state index in [4.69, 9.17) is 19.4 Å². The summed E-state index contributed by atoms with van der Waals surface area (Å²) in [6, 6.07) is 65.6. The van der Waals surface area contributed by atoms with Gasteiger partial charge in [-0.25, -0.2) is 4.98 Å². The van der Waals surface area contributed by atoms with Crippen molar-refractivity contribution in [1.82, 2.24) is 24.1 Å². The lowest BCUT2D eigenvalue weighted by Crippen LogP contribution is -2.06. The van der Waals surface area contributed by atoms with Crippen LogP contribution in [0.1, 0.15) is 0 Å². The molecule has 0 aliphatic rings. The van der Waals surface area contributed by atoms with Crippen LogP contribution in [0.3, 0.4) is 0 Å². The highest BCUT2D eigenvalue weighted by Crippen LogP contribution is 2.41. The molecule has 0 bridgehead atoms. The summed E-state index contributed by atoms with van der Waals surface area (Å²) in [5.41, 5.74) is 11.2. The smallest absolute Gasteiger partial charge is 0.238 e. The van der Waals surface area contributed by atoms with E-state index in [-0.39, 0.29) is 0 Å². The molecular formula is C51H31N5O. The number of nitrogens with zero attached hydrogens (tertiary/aromatic N) is 5. The highest BCUT2D eigenvalue weighted by atomic mass is 16.3. The van der Waals surface area contributed by atoms with Crippen molar-refractivity contribution in [1.29, 1.82) is 0 Å². The van der Waals surface area contributed by atoms with Crippen LogP contribution in [-0.2, 0) is 0 Å². The molecule has 12 aromatic rings. The molecule has 0 amide bonds. The fourth-order valence-corrected chi connectivity index (χ4v) is 8.56. The third-order valence-corrected chi connectivity index (χ3v) is 11.2. The first kappa shape index (κ1) is 31.5. The predicted molar refractivity (Wildman–Crippen MR) is 232 cm³/mol. The number of aromatic nitrogens is 5. The largest absolute Gasteiger partial charge is 0.456 e. The van der Waals surface area contributed by atoms with E-state index in [0.29, 0.717) is 17.6 Å². The summed E-state index contributed by atoms with van der Waals surface area (Å²) in [5.74, 6) is 1.78. The molecule has 0 fully saturated rings. The van der Waals surface area contributed by atoms with E-state index in [0.717, 1.165) is 82.7 Å². The molecule has 0 saturated carbocycles. The van der Waals surface area contributed by atoms with Gasteiger partial charge in [0.25, 0.3) is 0 Å². The van der Waals surface area contributed by atoms with Crippen molar-refractivity contribution >= 4 is 65.6 Å². The molecule has 0 aliphatic heterocycles. The Kier molecular flexibility index (Phi) is 6.83. The van der Waals surface area contributed by atoms with Gasteiger partial charge in [-0.3, -0.25) is 4.57 Å². The van der Waals surface area contributed by atoms with Crippen molar-refractivity contribution in [3.05, 3.63) is 188 Å². The van der Waals surface area contributed by atoms with Crippen LogP contribution < -0.4 is 0 Å². The predicted octanol–water partition coefficient (Wildman–Crippen LogP) is 13.0. The van der Waals surface area contributed by atoms with E-state index in [1.165, 1.54) is 10.8 Å². The van der Waals surface area contributed by atoms with Crippen LogP contribution in [0.2, 0.25) is 0 Å². The Morgan fingerprint density at radius 3 is 1.63 bits per heavy atom. The molecule has 0 radical (unpaired) electrons. The Balaban J connectivity index is 1.14. The molecule has 12 rings (SSSR count). The minimum atomic E-state index is 0.559. The first-order valence-corrected chi connectivity index (χ1v) is 19.1. The van der Waals surface area contributed by atoms with Crippen molar-refractivity contribution in [2.75, 3.05) is 0 Å². The molecule has 0 N–H and O–H groups in total. The van der Waals surface area contributed by atoms with Gasteiger partial charge in [0.1, 0.15) is 11.2 Å². The molecule has 0 spiro atoms. The summed E-state index contributed by atoms with van der Waals surface area (Å²) in [6.07, 6.45) is 0. The Morgan fingerprint density at radius 2 is 0.877 bits per heavy atom. The lowest BCUT2D eigenvalue weighted by atomic mass is 10.0. The molecule has 4 aromatic heterocycles. The summed E-state index contributed by atoms with van der Waals surface area (Å²) in [6.45, 7) is 0. The highest BCUT2D eigenvalue weighted by Gasteiger charge is 2.22. The standard InChI is InChI=1S/C51H31N5O/c1-3-14-32(15-4-1)34-18-13-19-35(28-34)50-52-49(33-16-5-2-6-17-33)53-51(54-50)56-44-24-11-8-21-38(44)41-30-40-37-20-7-10-23-43(37)55(45(40)31-46(41)56)36-26-27-48-42(29-36)39-22-9-12-25-47(39)57-48/h1-31H. The van der Waals surface area contributed by atoms with Gasteiger partial charge in [0.2, 0.25) is 5.95 Å². The second kappa shape index (κ2) is 12.3. The molecule has 0 unspecified atom stereocenters. The van der Waals surface area contributed by atoms with Crippen LogP contribution in [0.15, 0.2) is 192 Å². The van der Waals surface area contributed by atoms with Crippen LogP contribution in [0.25, 0.3) is 111 Å². The second-order valence-corrected chi connectivity index (χ2v) is 14.5. The first-order chi connectivity index (χ1) is 28.2. The van der Waals surface area contributed by atoms with Crippen LogP contribution in [0, 0.1) is 0 Å². The molecule has 266 valence electrons. The molecule has 6 nitrogen and oxygen atoms in total. The number of rotatable bonds is 5. The minimum Gasteiger partial charge on any atom is -0.456 e. The Bertz CT molecular complexity index is 3520. The Morgan fingerprint density at radius 1 is 0.316 bits per heavy atom. The van der Waals surface area contributed by atoms with E-state index in [2.05, 4.69) is 161 Å². The SMILES string of the molecule is c1ccc(-c2cccc(-c3nc(-c4ccccc4)nc(-n4c5ccccc5c5cc6c7ccccc7n(-c7ccc8oc9ccccc9c8c7)c6cc54)n3)c2)cc1. The molecule has 0 aliphatic carbocycles. The van der Waals surface area contributed by atoms with Crippen molar-refractivity contribution in [2.45, 2.75) is 0 Å². The average Bonchev–Trinajstić information content (AvgIpc) is 3.93. The van der Waals surface area contributed by atoms with Crippen LogP contribution in [0.4, 0.5) is 0 Å². The van der Waals surface area contributed by atoms with Crippen LogP contribution in [-0.4, -0.2) is 24.1 Å². The molecular weight excluding hydrogens is 699 g/mol. The van der Waals surface area contributed by atoms with E-state index >= 15 is 0 Å². The number of benzene rings is 8. The average molecular weight is 730 g/mol. The first-order valence-electron chi connectivity index (χ1n) is 19.1. The lowest BCUT2D eigenvalue weighted by Gasteiger charge is -2.12. The molecule has 57 heavy (non-hydrogen) atoms. The zero-order valence-electron chi connectivity index (χ0n) is 30.5. The summed E-state index contributed by atoms with van der Waals surface area (Å²) in [5, 5.41) is 6.82. The van der Waals surface area contributed by atoms with Gasteiger partial charge in [-0.05, 0) is 65.7 Å². The Labute approximate surface area is 326 Å². The quantitative estimate of drug-likeness (QED) is 0.177. The van der Waals surface area contributed by atoms with Gasteiger partial charge in [-0.2, -0.15) is 9.97 Å². The maximum absolute atomic E-state index is 6.24. The number of para-hydroxylation sites is 3. The third-order valence-electron chi connectivity index (χ3n) is 11.2. The fourth-order valence-electron chi connectivity index (χ4n) is 8.56. The fraction of sp³-hybridized carbons (Fsp3) is 0. The highest BCUT2D eigenvalue weighted by molar-refractivity contribution is 6.19. The van der Waals surface area contributed by atoms with Crippen molar-refractivity contribution in [3.63, 3.8) is 0 Å². The third kappa shape index (κ3) is 4.94. The van der Waals surface area contributed by atoms with Gasteiger partial charge in [0.15, 0.2) is 11.6 Å². The van der Waals surface area contributed by atoms with Gasteiger partial charge in [-0.1, -0.05) is 133 Å². The summed E-state index contributed by atoms with van der Waals surface area (Å²) in [7, 11) is 0. The maximum atomic E-state index is 6.24. The van der Waals surface area contributed by atoms with Gasteiger partial charge >= 0.3 is 0 Å². The van der Waals surface area contributed by atoms with E-state index < -0.39 is 0 Å². The number of furan rings is 1. The number of hydrogen-bond donors (Lipinski definition) is 0. The topological polar surface area (TPSA) is 61.7 Å². The zero-order chi connectivity index (χ0) is 37.5. The van der Waals surface area contributed by atoms with Crippen LogP contribution in [0.5, 0.6) is 0 Å². The van der Waals surface area contributed by atoms with E-state index in [1.807, 2.05) is 36.4 Å². The monoisotopic (exact) mass is 729 g/mol. The maximum Gasteiger partial charge on any atom is 0.238 e. The zero-order valence-corrected chi connectivity index (χ0v) is 30.5. The van der Waals surface area contributed by atoms with Crippen LogP contribution >= 0.6 is 0 Å². The van der Waals surface area contributed by atoms with Crippen molar-refractivity contribution in [3.8, 4) is 45.5 Å². The lowest BCUT2D eigenvalue weighted by molar-refractivity contribution is 0.669. The van der Waals surface area contributed by atoms with Gasteiger partial charge in [0, 0.05) is 49.1 Å². The van der Waals surface area contributed by atoms with Gasteiger partial charge in [-0.15, -0.1) is 0 Å². The minimum absolute atomic E-state index is 0.559. The molecule has 4 heterocycles. The van der Waals surface area contributed by atoms with Gasteiger partial charge in [0.05, 0.1) is 22.1 Å². The number of fused-ring (bicyclic) bond motifs is 9. The van der Waals surface area contributed by atoms with Crippen molar-refractivity contribution in [2.24, 2.45) is 0 Å². The van der Waals surface area contributed by atoms with Gasteiger partial charge < -0.3 is 8.98 Å². The number of hydrogen-bond acceptors (Lipinski definition) is 4. The summed E-state index contributed by atoms with van der Waals surface area (Å²) in [4.78, 5) is 15.6. The Hall–Kier alpha value is -7.83. The van der Waals surface area contributed by atoms with E-state index in [1.54, 1.807) is 0 Å². The molecule has 6 heteroatoms. The second-order valence-electron chi connectivity index (χ2n) is 14.5. The molecule has 0 atom stereocenters. The molecule has 0 saturated heterocycles. The normalized spacial score (nSPS) is 11.9. The van der Waals surface area contributed by atoms with Crippen molar-refractivity contribution < 1.29 is 4.42 Å². The summed E-state index contributed by atoms with van der Waals surface area (Å²) >= 11 is 0.